The first kappa shape index (κ1) is 18.8. The second-order valence-electron chi connectivity index (χ2n) is 6.34. The number of aliphatic hydroxyl groups excluding tert-OH is 1. The fourth-order valence-corrected chi connectivity index (χ4v) is 2.53. The van der Waals surface area contributed by atoms with Gasteiger partial charge in [0, 0.05) is 32.9 Å². The van der Waals surface area contributed by atoms with Gasteiger partial charge in [-0.25, -0.2) is 4.79 Å². The number of hydrogen-bond donors (Lipinski definition) is 3. The van der Waals surface area contributed by atoms with Gasteiger partial charge < -0.3 is 20.6 Å². The summed E-state index contributed by atoms with van der Waals surface area (Å²) in [4.78, 5) is 14.0. The number of anilines is 1. The molecule has 5 nitrogen and oxygen atoms in total. The Balaban J connectivity index is 1.75. The zero-order chi connectivity index (χ0) is 18.2. The number of nitrogens with zero attached hydrogens (tertiary/aromatic N) is 1. The molecule has 0 bridgehead atoms. The van der Waals surface area contributed by atoms with Crippen LogP contribution in [0.3, 0.4) is 0 Å². The smallest absolute Gasteiger partial charge is 0.315 e. The van der Waals surface area contributed by atoms with Crippen LogP contribution in [0.4, 0.5) is 10.5 Å². The molecule has 5 heteroatoms. The minimum absolute atomic E-state index is 0.0515. The summed E-state index contributed by atoms with van der Waals surface area (Å²) in [6, 6.07) is 13.8. The maximum absolute atomic E-state index is 11.9. The molecule has 0 heterocycles. The Kier molecular flexibility index (Phi) is 6.83. The zero-order valence-corrected chi connectivity index (χ0v) is 15.2. The molecule has 0 saturated heterocycles. The molecule has 0 aromatic heterocycles. The number of aliphatic hydroxyl groups is 1. The summed E-state index contributed by atoms with van der Waals surface area (Å²) in [7, 11) is 4.02. The number of aryl methyl sites for hydroxylation is 1. The van der Waals surface area contributed by atoms with Crippen molar-refractivity contribution in [3.05, 3.63) is 64.7 Å². The van der Waals surface area contributed by atoms with Gasteiger partial charge in [-0.2, -0.15) is 0 Å². The first-order valence-corrected chi connectivity index (χ1v) is 8.47. The van der Waals surface area contributed by atoms with E-state index in [0.29, 0.717) is 13.1 Å². The Labute approximate surface area is 149 Å². The molecule has 134 valence electrons. The van der Waals surface area contributed by atoms with Gasteiger partial charge in [0.2, 0.25) is 0 Å². The van der Waals surface area contributed by atoms with E-state index in [-0.39, 0.29) is 12.6 Å². The van der Waals surface area contributed by atoms with Gasteiger partial charge in [0.25, 0.3) is 0 Å². The lowest BCUT2D eigenvalue weighted by molar-refractivity contribution is 0.240. The molecule has 0 aliphatic carbocycles. The zero-order valence-electron chi connectivity index (χ0n) is 15.2. The molecule has 2 amide bonds. The molecular weight excluding hydrogens is 314 g/mol. The molecule has 0 unspecified atom stereocenters. The van der Waals surface area contributed by atoms with E-state index in [2.05, 4.69) is 34.6 Å². The molecule has 3 N–H and O–H groups in total. The topological polar surface area (TPSA) is 64.6 Å². The number of rotatable bonds is 7. The van der Waals surface area contributed by atoms with Crippen molar-refractivity contribution >= 4 is 11.7 Å². The summed E-state index contributed by atoms with van der Waals surface area (Å²) in [5, 5.41) is 14.8. The second kappa shape index (κ2) is 9.08. The average Bonchev–Trinajstić information content (AvgIpc) is 2.61. The predicted molar refractivity (Wildman–Crippen MR) is 102 cm³/mol. The maximum atomic E-state index is 11.9. The number of carbonyl (C=O) groups is 1. The molecule has 2 aromatic rings. The van der Waals surface area contributed by atoms with Crippen LogP contribution < -0.4 is 15.5 Å². The summed E-state index contributed by atoms with van der Waals surface area (Å²) in [6.45, 7) is 3.19. The third-order valence-corrected chi connectivity index (χ3v) is 4.19. The van der Waals surface area contributed by atoms with Gasteiger partial charge >= 0.3 is 6.03 Å². The lowest BCUT2D eigenvalue weighted by atomic mass is 10.1. The van der Waals surface area contributed by atoms with Crippen LogP contribution in [0.1, 0.15) is 22.3 Å². The number of hydrogen-bond acceptors (Lipinski definition) is 3. The molecule has 0 saturated carbocycles. The summed E-state index contributed by atoms with van der Waals surface area (Å²) < 4.78 is 0. The Morgan fingerprint density at radius 2 is 1.72 bits per heavy atom. The van der Waals surface area contributed by atoms with Gasteiger partial charge in [-0.15, -0.1) is 0 Å². The van der Waals surface area contributed by atoms with E-state index < -0.39 is 0 Å². The summed E-state index contributed by atoms with van der Waals surface area (Å²) in [5.74, 6) is 0. The minimum atomic E-state index is -0.164. The second-order valence-corrected chi connectivity index (χ2v) is 6.34. The monoisotopic (exact) mass is 341 g/mol. The van der Waals surface area contributed by atoms with Crippen molar-refractivity contribution in [2.24, 2.45) is 0 Å². The Hall–Kier alpha value is -2.53. The van der Waals surface area contributed by atoms with Crippen molar-refractivity contribution in [1.29, 1.82) is 0 Å². The van der Waals surface area contributed by atoms with E-state index in [0.717, 1.165) is 34.4 Å². The summed E-state index contributed by atoms with van der Waals surface area (Å²) in [5.41, 5.74) is 5.45. The van der Waals surface area contributed by atoms with Crippen molar-refractivity contribution in [2.75, 3.05) is 25.5 Å². The highest BCUT2D eigenvalue weighted by Gasteiger charge is 2.04. The lowest BCUT2D eigenvalue weighted by Crippen LogP contribution is -2.36. The molecule has 0 aliphatic rings. The normalized spacial score (nSPS) is 10.4. The van der Waals surface area contributed by atoms with Crippen LogP contribution in [0.25, 0.3) is 0 Å². The number of nitrogens with one attached hydrogen (secondary N) is 2. The van der Waals surface area contributed by atoms with Crippen LogP contribution in [-0.4, -0.2) is 31.8 Å². The van der Waals surface area contributed by atoms with Gasteiger partial charge in [0.1, 0.15) is 0 Å². The van der Waals surface area contributed by atoms with Crippen LogP contribution in [0.5, 0.6) is 0 Å². The van der Waals surface area contributed by atoms with Crippen LogP contribution in [0, 0.1) is 6.92 Å². The van der Waals surface area contributed by atoms with Crippen LogP contribution >= 0.6 is 0 Å². The minimum Gasteiger partial charge on any atom is -0.392 e. The van der Waals surface area contributed by atoms with Crippen LogP contribution in [0.2, 0.25) is 0 Å². The highest BCUT2D eigenvalue weighted by Crippen LogP contribution is 2.17. The first-order valence-electron chi connectivity index (χ1n) is 8.47. The van der Waals surface area contributed by atoms with Crippen LogP contribution in [-0.2, 0) is 19.6 Å². The van der Waals surface area contributed by atoms with E-state index >= 15 is 0 Å². The molecule has 0 fully saturated rings. The molecular formula is C20H27N3O2. The Morgan fingerprint density at radius 1 is 1.04 bits per heavy atom. The molecule has 25 heavy (non-hydrogen) atoms. The van der Waals surface area contributed by atoms with E-state index in [1.165, 1.54) is 0 Å². The predicted octanol–water partition coefficient (Wildman–Crippen LogP) is 2.60. The quantitative estimate of drug-likeness (QED) is 0.725. The fourth-order valence-electron chi connectivity index (χ4n) is 2.53. The van der Waals surface area contributed by atoms with E-state index in [1.54, 1.807) is 0 Å². The van der Waals surface area contributed by atoms with Crippen molar-refractivity contribution in [3.63, 3.8) is 0 Å². The van der Waals surface area contributed by atoms with Crippen molar-refractivity contribution < 1.29 is 9.90 Å². The van der Waals surface area contributed by atoms with Gasteiger partial charge in [-0.1, -0.05) is 30.3 Å². The van der Waals surface area contributed by atoms with E-state index in [9.17, 15) is 4.79 Å². The standard InChI is InChI=1S/C20H27N3O2/c1-15-12-19(23(2)3)9-8-18(15)13-22-20(25)21-11-10-16-4-6-17(14-24)7-5-16/h4-9,12,24H,10-11,13-14H2,1-3H3,(H2,21,22,25). The van der Waals surface area contributed by atoms with E-state index in [1.807, 2.05) is 44.4 Å². The molecule has 0 atom stereocenters. The number of carbonyl (C=O) groups excluding carboxylic acids is 1. The Morgan fingerprint density at radius 3 is 2.32 bits per heavy atom. The molecule has 0 spiro atoms. The SMILES string of the molecule is Cc1cc(N(C)C)ccc1CNC(=O)NCCc1ccc(CO)cc1. The van der Waals surface area contributed by atoms with Crippen LogP contribution in [0.15, 0.2) is 42.5 Å². The number of amides is 2. The molecule has 2 aromatic carbocycles. The molecule has 0 radical (unpaired) electrons. The maximum Gasteiger partial charge on any atom is 0.315 e. The van der Waals surface area contributed by atoms with E-state index in [4.69, 9.17) is 5.11 Å². The highest BCUT2D eigenvalue weighted by molar-refractivity contribution is 5.73. The fraction of sp³-hybridized carbons (Fsp3) is 0.350. The first-order chi connectivity index (χ1) is 12.0. The number of benzene rings is 2. The third-order valence-electron chi connectivity index (χ3n) is 4.19. The average molecular weight is 341 g/mol. The van der Waals surface area contributed by atoms with Crippen molar-refractivity contribution in [3.8, 4) is 0 Å². The molecule has 2 rings (SSSR count). The summed E-state index contributed by atoms with van der Waals surface area (Å²) >= 11 is 0. The van der Waals surface area contributed by atoms with Crippen molar-refractivity contribution in [1.82, 2.24) is 10.6 Å². The Bertz CT molecular complexity index is 697. The van der Waals surface area contributed by atoms with Crippen molar-refractivity contribution in [2.45, 2.75) is 26.5 Å². The third kappa shape index (κ3) is 5.80. The van der Waals surface area contributed by atoms with Gasteiger partial charge in [-0.3, -0.25) is 0 Å². The van der Waals surface area contributed by atoms with Gasteiger partial charge in [0.15, 0.2) is 0 Å². The largest absolute Gasteiger partial charge is 0.392 e. The van der Waals surface area contributed by atoms with Gasteiger partial charge in [-0.05, 0) is 47.7 Å². The summed E-state index contributed by atoms with van der Waals surface area (Å²) in [6.07, 6.45) is 0.760. The number of urea groups is 1. The highest BCUT2D eigenvalue weighted by atomic mass is 16.3. The molecule has 0 aliphatic heterocycles. The van der Waals surface area contributed by atoms with Gasteiger partial charge in [0.05, 0.1) is 6.61 Å². The lowest BCUT2D eigenvalue weighted by Gasteiger charge is -2.15.